The van der Waals surface area contributed by atoms with E-state index in [4.69, 9.17) is 23.2 Å². The maximum Gasteiger partial charge on any atom is 0.0931 e. The minimum Gasteiger partial charge on any atom is -0.368 e. The summed E-state index contributed by atoms with van der Waals surface area (Å²) in [5.41, 5.74) is 1.19. The van der Waals surface area contributed by atoms with Crippen molar-refractivity contribution in [2.24, 2.45) is 0 Å². The Labute approximate surface area is 113 Å². The molecule has 0 N–H and O–H groups in total. The minimum atomic E-state index is 0. The third kappa shape index (κ3) is 4.15. The van der Waals surface area contributed by atoms with Gasteiger partial charge in [0.25, 0.3) is 0 Å². The van der Waals surface area contributed by atoms with Crippen LogP contribution in [0.4, 0.5) is 5.69 Å². The van der Waals surface area contributed by atoms with Gasteiger partial charge in [-0.05, 0) is 27.4 Å². The summed E-state index contributed by atoms with van der Waals surface area (Å²) in [6.07, 6.45) is 0. The van der Waals surface area contributed by atoms with E-state index in [-0.39, 0.29) is 12.4 Å². The maximum atomic E-state index is 5.70. The summed E-state index contributed by atoms with van der Waals surface area (Å²) in [7, 11) is 0. The van der Waals surface area contributed by atoms with E-state index in [2.05, 4.69) is 32.3 Å². The molecular weight excluding hydrogens is 328 g/mol. The molecule has 0 saturated carbocycles. The first kappa shape index (κ1) is 14.8. The van der Waals surface area contributed by atoms with Crippen LogP contribution in [0, 0.1) is 0 Å². The molecule has 0 aliphatic carbocycles. The molecule has 6 heteroatoms. The molecular formula is C8H11BrCl3NS. The topological polar surface area (TPSA) is 3.24 Å². The van der Waals surface area contributed by atoms with E-state index in [1.165, 1.54) is 5.69 Å². The summed E-state index contributed by atoms with van der Waals surface area (Å²) in [6, 6.07) is 2.08. The standard InChI is InChI=1S/C8H10BrCl2NS.ClH/c9-8-7(1-6-13-8)12(4-2-10)5-3-11;/h1,6H,2-5H2;1H. The molecule has 0 saturated heterocycles. The molecule has 1 aromatic rings. The van der Waals surface area contributed by atoms with Crippen LogP contribution in [-0.4, -0.2) is 24.8 Å². The Morgan fingerprint density at radius 3 is 2.21 bits per heavy atom. The highest BCUT2D eigenvalue weighted by Gasteiger charge is 2.09. The van der Waals surface area contributed by atoms with E-state index in [1.54, 1.807) is 11.3 Å². The molecule has 0 bridgehead atoms. The van der Waals surface area contributed by atoms with Gasteiger partial charge in [0.1, 0.15) is 0 Å². The van der Waals surface area contributed by atoms with Crippen molar-refractivity contribution in [3.05, 3.63) is 15.2 Å². The zero-order chi connectivity index (χ0) is 9.68. The van der Waals surface area contributed by atoms with Crippen LogP contribution in [0.2, 0.25) is 0 Å². The molecule has 1 heterocycles. The summed E-state index contributed by atoms with van der Waals surface area (Å²) in [5.74, 6) is 1.25. The fourth-order valence-corrected chi connectivity index (χ4v) is 2.82. The first-order valence-electron chi connectivity index (χ1n) is 3.89. The summed E-state index contributed by atoms with van der Waals surface area (Å²) in [5, 5.41) is 2.05. The first-order valence-corrected chi connectivity index (χ1v) is 6.63. The number of hydrogen-bond acceptors (Lipinski definition) is 2. The van der Waals surface area contributed by atoms with Gasteiger partial charge in [-0.15, -0.1) is 46.9 Å². The second-order valence-electron chi connectivity index (χ2n) is 2.44. The monoisotopic (exact) mass is 337 g/mol. The summed E-state index contributed by atoms with van der Waals surface area (Å²) in [6.45, 7) is 1.67. The fraction of sp³-hybridized carbons (Fsp3) is 0.500. The molecule has 0 spiro atoms. The molecule has 0 aliphatic heterocycles. The maximum absolute atomic E-state index is 5.70. The van der Waals surface area contributed by atoms with Gasteiger partial charge >= 0.3 is 0 Å². The summed E-state index contributed by atoms with van der Waals surface area (Å²) >= 11 is 16.6. The molecule has 0 amide bonds. The zero-order valence-corrected chi connectivity index (χ0v) is 12.1. The molecule has 0 atom stereocenters. The lowest BCUT2D eigenvalue weighted by Gasteiger charge is -2.21. The number of alkyl halides is 2. The number of thiophene rings is 1. The van der Waals surface area contributed by atoms with Gasteiger partial charge in [-0.1, -0.05) is 0 Å². The average Bonchev–Trinajstić information content (AvgIpc) is 2.51. The van der Waals surface area contributed by atoms with Crippen LogP contribution in [0.25, 0.3) is 0 Å². The van der Waals surface area contributed by atoms with Crippen LogP contribution >= 0.6 is 62.9 Å². The van der Waals surface area contributed by atoms with Crippen LogP contribution in [-0.2, 0) is 0 Å². The van der Waals surface area contributed by atoms with Crippen LogP contribution in [0.1, 0.15) is 0 Å². The summed E-state index contributed by atoms with van der Waals surface area (Å²) < 4.78 is 1.14. The van der Waals surface area contributed by atoms with Crippen molar-refractivity contribution in [2.45, 2.75) is 0 Å². The number of nitrogens with zero attached hydrogens (tertiary/aromatic N) is 1. The number of hydrogen-bond donors (Lipinski definition) is 0. The highest BCUT2D eigenvalue weighted by molar-refractivity contribution is 9.11. The van der Waals surface area contributed by atoms with E-state index in [0.717, 1.165) is 16.9 Å². The van der Waals surface area contributed by atoms with Crippen LogP contribution in [0.15, 0.2) is 15.2 Å². The third-order valence-electron chi connectivity index (χ3n) is 1.65. The second-order valence-corrected chi connectivity index (χ2v) is 5.43. The predicted octanol–water partition coefficient (Wildman–Crippen LogP) is 4.22. The molecule has 0 aromatic carbocycles. The fourth-order valence-electron chi connectivity index (χ4n) is 1.07. The molecule has 1 rings (SSSR count). The van der Waals surface area contributed by atoms with E-state index in [9.17, 15) is 0 Å². The Hall–Kier alpha value is 0.850. The van der Waals surface area contributed by atoms with Crippen molar-refractivity contribution >= 4 is 68.6 Å². The van der Waals surface area contributed by atoms with E-state index in [0.29, 0.717) is 11.8 Å². The Morgan fingerprint density at radius 2 is 1.86 bits per heavy atom. The second kappa shape index (κ2) is 8.05. The SMILES string of the molecule is Cl.ClCCN(CCCl)c1ccsc1Br. The van der Waals surface area contributed by atoms with Crippen molar-refractivity contribution in [3.8, 4) is 0 Å². The normalized spacial score (nSPS) is 9.64. The number of halogens is 4. The Kier molecular flexibility index (Phi) is 8.54. The van der Waals surface area contributed by atoms with Gasteiger partial charge in [-0.25, -0.2) is 0 Å². The Bertz CT molecular complexity index is 250. The van der Waals surface area contributed by atoms with Gasteiger partial charge in [-0.2, -0.15) is 0 Å². The lowest BCUT2D eigenvalue weighted by Crippen LogP contribution is -2.27. The van der Waals surface area contributed by atoms with Gasteiger partial charge in [0.15, 0.2) is 0 Å². The minimum absolute atomic E-state index is 0. The van der Waals surface area contributed by atoms with Crippen LogP contribution < -0.4 is 4.90 Å². The van der Waals surface area contributed by atoms with Crippen molar-refractivity contribution in [3.63, 3.8) is 0 Å². The van der Waals surface area contributed by atoms with Gasteiger partial charge in [0.2, 0.25) is 0 Å². The molecule has 1 nitrogen and oxygen atoms in total. The zero-order valence-electron chi connectivity index (χ0n) is 7.38. The Balaban J connectivity index is 0.00000169. The highest BCUT2D eigenvalue weighted by atomic mass is 79.9. The van der Waals surface area contributed by atoms with Gasteiger partial charge in [0, 0.05) is 24.8 Å². The quantitative estimate of drug-likeness (QED) is 0.726. The van der Waals surface area contributed by atoms with Crippen molar-refractivity contribution in [2.75, 3.05) is 29.7 Å². The largest absolute Gasteiger partial charge is 0.368 e. The summed E-state index contributed by atoms with van der Waals surface area (Å²) in [4.78, 5) is 2.18. The van der Waals surface area contributed by atoms with Crippen LogP contribution in [0.3, 0.4) is 0 Å². The Morgan fingerprint density at radius 1 is 1.29 bits per heavy atom. The van der Waals surface area contributed by atoms with E-state index in [1.807, 2.05) is 0 Å². The molecule has 0 aliphatic rings. The average molecular weight is 340 g/mol. The van der Waals surface area contributed by atoms with Crippen LogP contribution in [0.5, 0.6) is 0 Å². The first-order chi connectivity index (χ1) is 6.29. The van der Waals surface area contributed by atoms with Gasteiger partial charge < -0.3 is 4.90 Å². The smallest absolute Gasteiger partial charge is 0.0931 e. The molecule has 0 fully saturated rings. The lowest BCUT2D eigenvalue weighted by atomic mass is 10.4. The third-order valence-corrected chi connectivity index (χ3v) is 3.64. The van der Waals surface area contributed by atoms with Crippen molar-refractivity contribution in [1.82, 2.24) is 0 Å². The van der Waals surface area contributed by atoms with Crippen molar-refractivity contribution in [1.29, 1.82) is 0 Å². The molecule has 1 aromatic heterocycles. The number of anilines is 1. The lowest BCUT2D eigenvalue weighted by molar-refractivity contribution is 0.874. The van der Waals surface area contributed by atoms with Gasteiger partial charge in [-0.3, -0.25) is 0 Å². The molecule has 0 radical (unpaired) electrons. The number of rotatable bonds is 5. The predicted molar refractivity (Wildman–Crippen MR) is 72.9 cm³/mol. The van der Waals surface area contributed by atoms with Gasteiger partial charge in [0.05, 0.1) is 9.47 Å². The highest BCUT2D eigenvalue weighted by Crippen LogP contribution is 2.31. The van der Waals surface area contributed by atoms with E-state index < -0.39 is 0 Å². The van der Waals surface area contributed by atoms with Crippen molar-refractivity contribution < 1.29 is 0 Å². The molecule has 14 heavy (non-hydrogen) atoms. The molecule has 82 valence electrons. The molecule has 0 unspecified atom stereocenters. The van der Waals surface area contributed by atoms with E-state index >= 15 is 0 Å².